The van der Waals surface area contributed by atoms with Gasteiger partial charge in [0.15, 0.2) is 0 Å². The van der Waals surface area contributed by atoms with Gasteiger partial charge in [0.1, 0.15) is 6.54 Å². The maximum Gasteiger partial charge on any atom is 0.323 e. The Labute approximate surface area is 95.4 Å². The number of rotatable bonds is 6. The highest BCUT2D eigenvalue weighted by molar-refractivity contribution is 5.85. The molecule has 1 amide bonds. The summed E-state index contributed by atoms with van der Waals surface area (Å²) >= 11 is 0. The van der Waals surface area contributed by atoms with Gasteiger partial charge in [-0.2, -0.15) is 0 Å². The van der Waals surface area contributed by atoms with E-state index in [9.17, 15) is 9.59 Å². The molecule has 5 nitrogen and oxygen atoms in total. The van der Waals surface area contributed by atoms with Gasteiger partial charge in [-0.25, -0.2) is 0 Å². The topological polar surface area (TPSA) is 66.8 Å². The van der Waals surface area contributed by atoms with E-state index in [2.05, 4.69) is 0 Å². The molecule has 0 aromatic heterocycles. The second kappa shape index (κ2) is 4.82. The van der Waals surface area contributed by atoms with E-state index in [0.717, 1.165) is 6.42 Å². The molecular weight excluding hydrogens is 210 g/mol. The van der Waals surface area contributed by atoms with Crippen molar-refractivity contribution in [2.75, 3.05) is 26.8 Å². The van der Waals surface area contributed by atoms with Crippen LogP contribution in [0.2, 0.25) is 0 Å². The summed E-state index contributed by atoms with van der Waals surface area (Å²) in [4.78, 5) is 24.0. The summed E-state index contributed by atoms with van der Waals surface area (Å²) in [5.41, 5.74) is 0.0287. The lowest BCUT2D eigenvalue weighted by atomic mass is 10.1. The van der Waals surface area contributed by atoms with Crippen molar-refractivity contribution in [1.82, 2.24) is 4.90 Å². The first-order valence-electron chi connectivity index (χ1n) is 5.38. The molecule has 5 heteroatoms. The van der Waals surface area contributed by atoms with Crippen LogP contribution < -0.4 is 0 Å². The zero-order chi connectivity index (χ0) is 12.3. The van der Waals surface area contributed by atoms with Gasteiger partial charge in [0, 0.05) is 19.6 Å². The third kappa shape index (κ3) is 3.20. The Bertz CT molecular complexity index is 288. The lowest BCUT2D eigenvalue weighted by Gasteiger charge is -2.21. The highest BCUT2D eigenvalue weighted by Crippen LogP contribution is 2.52. The van der Waals surface area contributed by atoms with Gasteiger partial charge in [-0.05, 0) is 11.8 Å². The fraction of sp³-hybridized carbons (Fsp3) is 0.818. The zero-order valence-corrected chi connectivity index (χ0v) is 10.0. The molecule has 92 valence electrons. The molecule has 0 aromatic rings. The first-order valence-corrected chi connectivity index (χ1v) is 5.38. The van der Waals surface area contributed by atoms with E-state index in [1.807, 2.05) is 13.8 Å². The number of carbonyl (C=O) groups excluding carboxylic acids is 1. The van der Waals surface area contributed by atoms with Gasteiger partial charge in [-0.1, -0.05) is 13.8 Å². The number of ether oxygens (including phenoxy) is 1. The minimum absolute atomic E-state index is 0.0243. The molecule has 1 N–H and O–H groups in total. The third-order valence-corrected chi connectivity index (χ3v) is 3.01. The molecule has 0 aliphatic heterocycles. The van der Waals surface area contributed by atoms with Crippen LogP contribution in [-0.4, -0.2) is 48.7 Å². The summed E-state index contributed by atoms with van der Waals surface area (Å²) in [5.74, 6) is -1.07. The predicted octanol–water partition coefficient (Wildman–Crippen LogP) is 0.592. The Morgan fingerprint density at radius 2 is 2.06 bits per heavy atom. The number of methoxy groups -OCH3 is 1. The third-order valence-electron chi connectivity index (χ3n) is 3.01. The average molecular weight is 229 g/mol. The highest BCUT2D eigenvalue weighted by Gasteiger charge is 2.52. The molecule has 0 aromatic carbocycles. The molecule has 1 aliphatic carbocycles. The van der Waals surface area contributed by atoms with Gasteiger partial charge >= 0.3 is 5.97 Å². The molecule has 1 unspecified atom stereocenters. The van der Waals surface area contributed by atoms with Gasteiger partial charge in [-0.15, -0.1) is 0 Å². The maximum absolute atomic E-state index is 12.0. The van der Waals surface area contributed by atoms with Crippen LogP contribution in [0.4, 0.5) is 0 Å². The number of carboxylic acid groups (broad SMARTS) is 1. The van der Waals surface area contributed by atoms with E-state index >= 15 is 0 Å². The zero-order valence-electron chi connectivity index (χ0n) is 10.0. The van der Waals surface area contributed by atoms with Crippen molar-refractivity contribution < 1.29 is 19.4 Å². The fourth-order valence-corrected chi connectivity index (χ4v) is 1.74. The van der Waals surface area contributed by atoms with Crippen LogP contribution in [0.1, 0.15) is 20.3 Å². The largest absolute Gasteiger partial charge is 0.480 e. The lowest BCUT2D eigenvalue weighted by Crippen LogP contribution is -2.39. The summed E-state index contributed by atoms with van der Waals surface area (Å²) < 4.78 is 4.87. The van der Waals surface area contributed by atoms with Crippen molar-refractivity contribution in [3.63, 3.8) is 0 Å². The van der Waals surface area contributed by atoms with Crippen molar-refractivity contribution in [3.8, 4) is 0 Å². The summed E-state index contributed by atoms with van der Waals surface area (Å²) in [6.07, 6.45) is 0.842. The average Bonchev–Trinajstić information content (AvgIpc) is 2.80. The number of nitrogens with zero attached hydrogens (tertiary/aromatic N) is 1. The Hall–Kier alpha value is -1.10. The van der Waals surface area contributed by atoms with Crippen LogP contribution in [0.3, 0.4) is 0 Å². The molecule has 0 saturated heterocycles. The Balaban J connectivity index is 2.54. The number of hydrogen-bond acceptors (Lipinski definition) is 3. The summed E-state index contributed by atoms with van der Waals surface area (Å²) in [6, 6.07) is 0. The lowest BCUT2D eigenvalue weighted by molar-refractivity contribution is -0.145. The summed E-state index contributed by atoms with van der Waals surface area (Å²) in [6.45, 7) is 4.50. The molecule has 1 atom stereocenters. The van der Waals surface area contributed by atoms with Crippen molar-refractivity contribution in [2.45, 2.75) is 20.3 Å². The molecule has 1 aliphatic rings. The molecule has 1 fully saturated rings. The number of carbonyl (C=O) groups is 2. The summed E-state index contributed by atoms with van der Waals surface area (Å²) in [5, 5.41) is 8.73. The Morgan fingerprint density at radius 3 is 2.44 bits per heavy atom. The Kier molecular flexibility index (Phi) is 3.91. The van der Waals surface area contributed by atoms with E-state index in [1.165, 1.54) is 12.0 Å². The Morgan fingerprint density at radius 1 is 1.50 bits per heavy atom. The second-order valence-corrected chi connectivity index (χ2v) is 4.89. The van der Waals surface area contributed by atoms with Crippen LogP contribution in [-0.2, 0) is 14.3 Å². The monoisotopic (exact) mass is 229 g/mol. The minimum atomic E-state index is -0.983. The molecular formula is C11H19NO4. The number of amides is 1. The number of aliphatic carboxylic acids is 1. The fourth-order valence-electron chi connectivity index (χ4n) is 1.74. The number of hydrogen-bond donors (Lipinski definition) is 1. The van der Waals surface area contributed by atoms with Gasteiger partial charge < -0.3 is 14.7 Å². The first kappa shape index (κ1) is 13.0. The molecule has 16 heavy (non-hydrogen) atoms. The number of carboxylic acids is 1. The highest BCUT2D eigenvalue weighted by atomic mass is 16.5. The van der Waals surface area contributed by atoms with Crippen molar-refractivity contribution in [1.29, 1.82) is 0 Å². The predicted molar refractivity (Wildman–Crippen MR) is 58.0 cm³/mol. The maximum atomic E-state index is 12.0. The van der Waals surface area contributed by atoms with E-state index in [0.29, 0.717) is 13.2 Å². The molecule has 1 rings (SSSR count). The van der Waals surface area contributed by atoms with Gasteiger partial charge in [0.05, 0.1) is 6.61 Å². The smallest absolute Gasteiger partial charge is 0.323 e. The van der Waals surface area contributed by atoms with Gasteiger partial charge in [0.25, 0.3) is 0 Å². The van der Waals surface area contributed by atoms with Crippen LogP contribution in [0.5, 0.6) is 0 Å². The van der Waals surface area contributed by atoms with Crippen LogP contribution >= 0.6 is 0 Å². The SMILES string of the molecule is COCCN(CC(=O)O)C(=O)C1CC1(C)C. The molecule has 1 saturated carbocycles. The molecule has 0 bridgehead atoms. The first-order chi connectivity index (χ1) is 7.38. The normalized spacial score (nSPS) is 21.6. The van der Waals surface area contributed by atoms with Crippen LogP contribution in [0.15, 0.2) is 0 Å². The van der Waals surface area contributed by atoms with Gasteiger partial charge in [0.2, 0.25) is 5.91 Å². The van der Waals surface area contributed by atoms with E-state index in [-0.39, 0.29) is 23.8 Å². The minimum Gasteiger partial charge on any atom is -0.480 e. The second-order valence-electron chi connectivity index (χ2n) is 4.89. The van der Waals surface area contributed by atoms with Crippen LogP contribution in [0.25, 0.3) is 0 Å². The molecule has 0 radical (unpaired) electrons. The van der Waals surface area contributed by atoms with Crippen molar-refractivity contribution >= 4 is 11.9 Å². The van der Waals surface area contributed by atoms with E-state index < -0.39 is 5.97 Å². The quantitative estimate of drug-likeness (QED) is 0.724. The summed E-state index contributed by atoms with van der Waals surface area (Å²) in [7, 11) is 1.53. The van der Waals surface area contributed by atoms with Crippen LogP contribution in [0, 0.1) is 11.3 Å². The van der Waals surface area contributed by atoms with Gasteiger partial charge in [-0.3, -0.25) is 9.59 Å². The van der Waals surface area contributed by atoms with E-state index in [1.54, 1.807) is 0 Å². The van der Waals surface area contributed by atoms with Crippen molar-refractivity contribution in [3.05, 3.63) is 0 Å². The standard InChI is InChI=1S/C11H19NO4/c1-11(2)6-8(11)10(15)12(4-5-16-3)7-9(13)14/h8H,4-7H2,1-3H3,(H,13,14). The van der Waals surface area contributed by atoms with Crippen molar-refractivity contribution in [2.24, 2.45) is 11.3 Å². The molecule has 0 heterocycles. The molecule has 0 spiro atoms. The van der Waals surface area contributed by atoms with E-state index in [4.69, 9.17) is 9.84 Å².